The Labute approximate surface area is 164 Å². The molecule has 0 aliphatic carbocycles. The number of ether oxygens (including phenoxy) is 1. The minimum atomic E-state index is -0.312. The Kier molecular flexibility index (Phi) is 7.61. The van der Waals surface area contributed by atoms with E-state index in [0.29, 0.717) is 16.5 Å². The van der Waals surface area contributed by atoms with Crippen LogP contribution in [0.4, 0.5) is 5.69 Å². The van der Waals surface area contributed by atoms with E-state index in [1.165, 1.54) is 23.1 Å². The van der Waals surface area contributed by atoms with Crippen molar-refractivity contribution in [1.82, 2.24) is 10.2 Å². The van der Waals surface area contributed by atoms with Crippen molar-refractivity contribution in [2.45, 2.75) is 27.8 Å². The molecule has 25 heavy (non-hydrogen) atoms. The number of nitrogens with zero attached hydrogens (tertiary/aromatic N) is 2. The second-order valence-corrected chi connectivity index (χ2v) is 9.37. The lowest BCUT2D eigenvalue weighted by atomic mass is 10.3. The number of benzene rings is 1. The van der Waals surface area contributed by atoms with Crippen molar-refractivity contribution in [2.75, 3.05) is 18.2 Å². The molecule has 0 fully saturated rings. The van der Waals surface area contributed by atoms with Crippen LogP contribution in [0.5, 0.6) is 5.75 Å². The van der Waals surface area contributed by atoms with Gasteiger partial charge in [0.05, 0.1) is 17.4 Å². The van der Waals surface area contributed by atoms with Crippen molar-refractivity contribution >= 4 is 58.1 Å². The molecule has 1 heterocycles. The lowest BCUT2D eigenvalue weighted by Gasteiger charge is -2.11. The number of carbonyl (C=O) groups excluding carboxylic acids is 1. The van der Waals surface area contributed by atoms with E-state index >= 15 is 0 Å². The first-order chi connectivity index (χ1) is 11.9. The molecule has 1 N–H and O–H groups in total. The molecule has 0 aliphatic heterocycles. The zero-order valence-corrected chi connectivity index (χ0v) is 17.2. The third-order valence-corrected chi connectivity index (χ3v) is 6.66. The molecule has 0 saturated heterocycles. The Morgan fingerprint density at radius 2 is 2.16 bits per heavy atom. The first-order valence-electron chi connectivity index (χ1n) is 7.30. The number of hydrogen-bond donors (Lipinski definition) is 1. The standard InChI is InChI=1S/C16H18ClN3O2S3/c1-9(2)8-23-15-19-20-16(25-15)24-10(3)14(21)18-11-5-6-13(22-4)12(17)7-11/h5-7,10H,1,8H2,2-4H3,(H,18,21)/t10-/m1/s1. The van der Waals surface area contributed by atoms with E-state index in [9.17, 15) is 4.79 Å². The van der Waals surface area contributed by atoms with E-state index in [1.54, 1.807) is 37.1 Å². The Morgan fingerprint density at radius 3 is 2.80 bits per heavy atom. The molecule has 0 aliphatic rings. The van der Waals surface area contributed by atoms with Crippen LogP contribution in [0.15, 0.2) is 39.0 Å². The van der Waals surface area contributed by atoms with Crippen molar-refractivity contribution in [3.05, 3.63) is 35.4 Å². The van der Waals surface area contributed by atoms with Gasteiger partial charge in [0.2, 0.25) is 5.91 Å². The smallest absolute Gasteiger partial charge is 0.237 e. The van der Waals surface area contributed by atoms with Gasteiger partial charge in [0.25, 0.3) is 0 Å². The second-order valence-electron chi connectivity index (χ2n) is 5.18. The zero-order chi connectivity index (χ0) is 18.4. The number of carbonyl (C=O) groups is 1. The summed E-state index contributed by atoms with van der Waals surface area (Å²) >= 11 is 10.5. The van der Waals surface area contributed by atoms with E-state index in [2.05, 4.69) is 22.1 Å². The van der Waals surface area contributed by atoms with Crippen molar-refractivity contribution in [2.24, 2.45) is 0 Å². The molecule has 5 nitrogen and oxygen atoms in total. The fraction of sp³-hybridized carbons (Fsp3) is 0.312. The number of rotatable bonds is 8. The van der Waals surface area contributed by atoms with Gasteiger partial charge in [0.1, 0.15) is 5.75 Å². The van der Waals surface area contributed by atoms with Crippen LogP contribution >= 0.6 is 46.5 Å². The lowest BCUT2D eigenvalue weighted by Crippen LogP contribution is -2.22. The highest BCUT2D eigenvalue weighted by Gasteiger charge is 2.18. The van der Waals surface area contributed by atoms with Crippen molar-refractivity contribution in [3.8, 4) is 5.75 Å². The summed E-state index contributed by atoms with van der Waals surface area (Å²) < 4.78 is 6.74. The quantitative estimate of drug-likeness (QED) is 0.484. The molecule has 2 aromatic rings. The first-order valence-corrected chi connectivity index (χ1v) is 10.4. The Hall–Kier alpha value is -1.22. The molecular weight excluding hydrogens is 398 g/mol. The summed E-state index contributed by atoms with van der Waals surface area (Å²) in [5, 5.41) is 11.2. The van der Waals surface area contributed by atoms with Gasteiger partial charge in [0.15, 0.2) is 8.68 Å². The number of anilines is 1. The molecule has 0 radical (unpaired) electrons. The minimum Gasteiger partial charge on any atom is -0.495 e. The molecule has 134 valence electrons. The predicted molar refractivity (Wildman–Crippen MR) is 107 cm³/mol. The molecule has 9 heteroatoms. The highest BCUT2D eigenvalue weighted by atomic mass is 35.5. The van der Waals surface area contributed by atoms with Crippen LogP contribution in [-0.4, -0.2) is 34.2 Å². The van der Waals surface area contributed by atoms with Crippen LogP contribution in [0.3, 0.4) is 0 Å². The highest BCUT2D eigenvalue weighted by Crippen LogP contribution is 2.32. The van der Waals surface area contributed by atoms with Crippen LogP contribution in [-0.2, 0) is 4.79 Å². The van der Waals surface area contributed by atoms with E-state index in [-0.39, 0.29) is 11.2 Å². The number of methoxy groups -OCH3 is 1. The Morgan fingerprint density at radius 1 is 1.44 bits per heavy atom. The Bertz CT molecular complexity index is 767. The molecule has 0 saturated carbocycles. The number of aromatic nitrogens is 2. The number of thioether (sulfide) groups is 2. The summed E-state index contributed by atoms with van der Waals surface area (Å²) in [6, 6.07) is 5.12. The second kappa shape index (κ2) is 9.47. The summed E-state index contributed by atoms with van der Waals surface area (Å²) in [5.41, 5.74) is 1.71. The molecular formula is C16H18ClN3O2S3. The number of nitrogens with one attached hydrogen (secondary N) is 1. The molecule has 1 amide bonds. The van der Waals surface area contributed by atoms with Gasteiger partial charge in [-0.15, -0.1) is 10.2 Å². The summed E-state index contributed by atoms with van der Waals surface area (Å²) in [7, 11) is 1.54. The van der Waals surface area contributed by atoms with Crippen LogP contribution in [0.25, 0.3) is 0 Å². The molecule has 1 aromatic carbocycles. The third-order valence-electron chi connectivity index (χ3n) is 2.90. The summed E-state index contributed by atoms with van der Waals surface area (Å²) in [6.45, 7) is 7.67. The summed E-state index contributed by atoms with van der Waals surface area (Å²) in [4.78, 5) is 12.3. The molecule has 2 rings (SSSR count). The van der Waals surface area contributed by atoms with Crippen LogP contribution in [0.1, 0.15) is 13.8 Å². The maximum Gasteiger partial charge on any atom is 0.237 e. The number of amides is 1. The monoisotopic (exact) mass is 415 g/mol. The highest BCUT2D eigenvalue weighted by molar-refractivity contribution is 8.04. The van der Waals surface area contributed by atoms with Crippen molar-refractivity contribution < 1.29 is 9.53 Å². The predicted octanol–water partition coefficient (Wildman–Crippen LogP) is 4.99. The van der Waals surface area contributed by atoms with Crippen LogP contribution in [0, 0.1) is 0 Å². The summed E-state index contributed by atoms with van der Waals surface area (Å²) in [6.07, 6.45) is 0. The van der Waals surface area contributed by atoms with Crippen molar-refractivity contribution in [3.63, 3.8) is 0 Å². The van der Waals surface area contributed by atoms with Gasteiger partial charge >= 0.3 is 0 Å². The largest absolute Gasteiger partial charge is 0.495 e. The fourth-order valence-corrected chi connectivity index (χ4v) is 4.95. The molecule has 1 aromatic heterocycles. The van der Waals surface area contributed by atoms with E-state index < -0.39 is 0 Å². The molecule has 0 bridgehead atoms. The number of halogens is 1. The number of hydrogen-bond acceptors (Lipinski definition) is 7. The zero-order valence-electron chi connectivity index (χ0n) is 14.0. The average Bonchev–Trinajstić information content (AvgIpc) is 3.00. The topological polar surface area (TPSA) is 64.1 Å². The third kappa shape index (κ3) is 6.22. The normalized spacial score (nSPS) is 11.8. The van der Waals surface area contributed by atoms with Gasteiger partial charge in [-0.25, -0.2) is 0 Å². The minimum absolute atomic E-state index is 0.127. The van der Waals surface area contributed by atoms with E-state index in [0.717, 1.165) is 20.0 Å². The van der Waals surface area contributed by atoms with E-state index in [1.807, 2.05) is 13.8 Å². The summed E-state index contributed by atoms with van der Waals surface area (Å²) in [5.74, 6) is 1.25. The van der Waals surface area contributed by atoms with Crippen molar-refractivity contribution in [1.29, 1.82) is 0 Å². The Balaban J connectivity index is 1.91. The SMILES string of the molecule is C=C(C)CSc1nnc(S[C@H](C)C(=O)Nc2ccc(OC)c(Cl)c2)s1. The maximum atomic E-state index is 12.3. The average molecular weight is 416 g/mol. The molecule has 0 unspecified atom stereocenters. The first kappa shape index (κ1) is 20.1. The van der Waals surface area contributed by atoms with Crippen LogP contribution in [0.2, 0.25) is 5.02 Å². The van der Waals surface area contributed by atoms with Gasteiger partial charge in [-0.3, -0.25) is 4.79 Å². The fourth-order valence-electron chi connectivity index (χ4n) is 1.68. The van der Waals surface area contributed by atoms with Gasteiger partial charge in [-0.2, -0.15) is 0 Å². The maximum absolute atomic E-state index is 12.3. The molecule has 0 spiro atoms. The van der Waals surface area contributed by atoms with Gasteiger partial charge in [-0.1, -0.05) is 58.6 Å². The van der Waals surface area contributed by atoms with Gasteiger partial charge in [-0.05, 0) is 32.0 Å². The van der Waals surface area contributed by atoms with E-state index in [4.69, 9.17) is 16.3 Å². The van der Waals surface area contributed by atoms with Gasteiger partial charge < -0.3 is 10.1 Å². The van der Waals surface area contributed by atoms with Gasteiger partial charge in [0, 0.05) is 11.4 Å². The van der Waals surface area contributed by atoms with Crippen LogP contribution < -0.4 is 10.1 Å². The lowest BCUT2D eigenvalue weighted by molar-refractivity contribution is -0.115. The molecule has 1 atom stereocenters.